The molecule has 0 aliphatic carbocycles. The number of nitrogens with zero attached hydrogens (tertiary/aromatic N) is 2. The van der Waals surface area contributed by atoms with Crippen molar-refractivity contribution in [2.75, 3.05) is 11.9 Å². The van der Waals surface area contributed by atoms with Gasteiger partial charge < -0.3 is 10.3 Å². The van der Waals surface area contributed by atoms with E-state index in [0.29, 0.717) is 36.5 Å². The van der Waals surface area contributed by atoms with Crippen LogP contribution >= 0.6 is 22.7 Å². The van der Waals surface area contributed by atoms with E-state index in [0.717, 1.165) is 36.8 Å². The minimum absolute atomic E-state index is 0.244. The molecule has 142 valence electrons. The number of aromatic nitrogens is 3. The van der Waals surface area contributed by atoms with Crippen LogP contribution in [0.5, 0.6) is 0 Å². The molecule has 0 spiro atoms. The molecule has 0 aromatic carbocycles. The maximum atomic E-state index is 13.1. The Kier molecular flexibility index (Phi) is 4.34. The fourth-order valence-electron chi connectivity index (χ4n) is 2.96. The molecule has 4 rings (SSSR count). The van der Waals surface area contributed by atoms with Crippen LogP contribution in [0.25, 0.3) is 30.6 Å². The third-order valence-corrected chi connectivity index (χ3v) is 6.35. The molecular weight excluding hydrogens is 397 g/mol. The predicted octanol–water partition coefficient (Wildman–Crippen LogP) is 5.29. The molecule has 4 heterocycles. The molecule has 0 aliphatic rings. The highest BCUT2D eigenvalue weighted by Crippen LogP contribution is 2.40. The molecule has 0 bridgehead atoms. The summed E-state index contributed by atoms with van der Waals surface area (Å²) in [5.74, 6) is 0. The lowest BCUT2D eigenvalue weighted by molar-refractivity contribution is -0.141. The second-order valence-corrected chi connectivity index (χ2v) is 8.24. The second-order valence-electron chi connectivity index (χ2n) is 6.24. The van der Waals surface area contributed by atoms with E-state index in [1.54, 1.807) is 6.92 Å². The molecule has 0 saturated carbocycles. The fraction of sp³-hybridized carbons (Fsp3) is 0.353. The normalized spacial score (nSPS) is 12.5. The Balaban J connectivity index is 1.97. The molecule has 2 N–H and O–H groups in total. The minimum atomic E-state index is -4.52. The van der Waals surface area contributed by atoms with Gasteiger partial charge in [0.1, 0.15) is 20.7 Å². The number of fused-ring (bicyclic) bond motifs is 5. The van der Waals surface area contributed by atoms with E-state index >= 15 is 0 Å². The lowest BCUT2D eigenvalue weighted by Crippen LogP contribution is -2.08. The first kappa shape index (κ1) is 18.2. The van der Waals surface area contributed by atoms with Crippen molar-refractivity contribution in [1.82, 2.24) is 15.0 Å². The van der Waals surface area contributed by atoms with Crippen molar-refractivity contribution in [1.29, 1.82) is 0 Å². The zero-order valence-corrected chi connectivity index (χ0v) is 16.1. The number of aryl methyl sites for hydroxylation is 1. The van der Waals surface area contributed by atoms with Gasteiger partial charge in [-0.2, -0.15) is 13.2 Å². The van der Waals surface area contributed by atoms with Gasteiger partial charge in [0, 0.05) is 11.9 Å². The van der Waals surface area contributed by atoms with Crippen molar-refractivity contribution in [3.8, 4) is 0 Å². The standard InChI is InChI=1S/C17H15F3N4OS2/c1-3-4-5-21-16-24-11-12-10(23-14(25)13(11)27-16)9-7(2)6-8(17(18,19)20)22-15(9)26-12/h6H,3-5H2,1-2H3,(H,21,24)(H,23,25). The molecular formula is C17H15F3N4OS2. The van der Waals surface area contributed by atoms with Crippen LogP contribution in [0, 0.1) is 6.92 Å². The summed E-state index contributed by atoms with van der Waals surface area (Å²) in [6, 6.07) is 1.01. The number of pyridine rings is 2. The lowest BCUT2D eigenvalue weighted by atomic mass is 10.1. The fourth-order valence-corrected chi connectivity index (χ4v) is 5.12. The Morgan fingerprint density at radius 2 is 2.00 bits per heavy atom. The smallest absolute Gasteiger partial charge is 0.361 e. The summed E-state index contributed by atoms with van der Waals surface area (Å²) in [6.45, 7) is 4.42. The van der Waals surface area contributed by atoms with Crippen LogP contribution in [0.15, 0.2) is 10.9 Å². The summed E-state index contributed by atoms with van der Waals surface area (Å²) >= 11 is 2.37. The average molecular weight is 412 g/mol. The van der Waals surface area contributed by atoms with Crippen LogP contribution in [-0.2, 0) is 6.18 Å². The first-order valence-electron chi connectivity index (χ1n) is 8.37. The van der Waals surface area contributed by atoms with E-state index < -0.39 is 11.9 Å². The molecule has 0 unspecified atom stereocenters. The third-order valence-electron chi connectivity index (χ3n) is 4.24. The number of anilines is 1. The van der Waals surface area contributed by atoms with E-state index in [1.807, 2.05) is 0 Å². The van der Waals surface area contributed by atoms with Gasteiger partial charge in [0.15, 0.2) is 5.13 Å². The molecule has 0 aliphatic heterocycles. The quantitative estimate of drug-likeness (QED) is 0.447. The van der Waals surface area contributed by atoms with Gasteiger partial charge in [-0.15, -0.1) is 11.3 Å². The number of thiophene rings is 1. The van der Waals surface area contributed by atoms with Gasteiger partial charge in [-0.1, -0.05) is 24.7 Å². The van der Waals surface area contributed by atoms with Gasteiger partial charge in [-0.25, -0.2) is 9.97 Å². The summed E-state index contributed by atoms with van der Waals surface area (Å²) in [5.41, 5.74) is 0.200. The number of rotatable bonds is 4. The Bertz CT molecular complexity index is 1220. The maximum Gasteiger partial charge on any atom is 0.433 e. The highest BCUT2D eigenvalue weighted by Gasteiger charge is 2.33. The molecule has 27 heavy (non-hydrogen) atoms. The van der Waals surface area contributed by atoms with Crippen molar-refractivity contribution in [3.63, 3.8) is 0 Å². The monoisotopic (exact) mass is 412 g/mol. The van der Waals surface area contributed by atoms with Gasteiger partial charge >= 0.3 is 6.18 Å². The van der Waals surface area contributed by atoms with E-state index in [4.69, 9.17) is 0 Å². The highest BCUT2D eigenvalue weighted by molar-refractivity contribution is 7.27. The van der Waals surface area contributed by atoms with Crippen molar-refractivity contribution < 1.29 is 13.2 Å². The molecule has 0 saturated heterocycles. The van der Waals surface area contributed by atoms with Crippen molar-refractivity contribution in [2.45, 2.75) is 32.9 Å². The molecule has 0 fully saturated rings. The van der Waals surface area contributed by atoms with Gasteiger partial charge in [-0.05, 0) is 25.0 Å². The van der Waals surface area contributed by atoms with E-state index in [9.17, 15) is 18.0 Å². The molecule has 0 radical (unpaired) electrons. The number of alkyl halides is 3. The second kappa shape index (κ2) is 6.45. The van der Waals surface area contributed by atoms with Gasteiger partial charge in [0.25, 0.3) is 5.56 Å². The van der Waals surface area contributed by atoms with Crippen LogP contribution in [0.1, 0.15) is 31.0 Å². The lowest BCUT2D eigenvalue weighted by Gasteiger charge is -2.06. The number of halogens is 3. The SMILES string of the molecule is CCCCNc1nc2c(s1)c(=O)[nH]c1c2sc2nc(C(F)(F)F)cc(C)c21. The molecule has 5 nitrogen and oxygen atoms in total. The summed E-state index contributed by atoms with van der Waals surface area (Å²) in [5, 5.41) is 4.37. The first-order valence-corrected chi connectivity index (χ1v) is 10.0. The zero-order valence-electron chi connectivity index (χ0n) is 14.5. The number of aromatic amines is 1. The molecule has 4 aromatic heterocycles. The van der Waals surface area contributed by atoms with Gasteiger partial charge in [-0.3, -0.25) is 4.79 Å². The van der Waals surface area contributed by atoms with E-state index in [-0.39, 0.29) is 10.4 Å². The predicted molar refractivity (Wildman–Crippen MR) is 104 cm³/mol. The van der Waals surface area contributed by atoms with Crippen molar-refractivity contribution >= 4 is 58.5 Å². The Hall–Kier alpha value is -2.20. The number of unbranched alkanes of at least 4 members (excludes halogenated alkanes) is 1. The molecule has 4 aromatic rings. The number of hydrogen-bond donors (Lipinski definition) is 2. The van der Waals surface area contributed by atoms with Crippen LogP contribution in [0.4, 0.5) is 18.3 Å². The number of hydrogen-bond acceptors (Lipinski definition) is 6. The molecule has 0 atom stereocenters. The number of H-pyrrole nitrogens is 1. The average Bonchev–Trinajstić information content (AvgIpc) is 3.16. The zero-order chi connectivity index (χ0) is 19.3. The van der Waals surface area contributed by atoms with E-state index in [2.05, 4.69) is 27.2 Å². The Labute approximate surface area is 159 Å². The highest BCUT2D eigenvalue weighted by atomic mass is 32.1. The first-order chi connectivity index (χ1) is 12.8. The van der Waals surface area contributed by atoms with E-state index in [1.165, 1.54) is 11.3 Å². The van der Waals surface area contributed by atoms with Crippen molar-refractivity contribution in [2.24, 2.45) is 0 Å². The van der Waals surface area contributed by atoms with Crippen LogP contribution in [0.2, 0.25) is 0 Å². The van der Waals surface area contributed by atoms with Crippen molar-refractivity contribution in [3.05, 3.63) is 27.7 Å². The number of nitrogens with one attached hydrogen (secondary N) is 2. The maximum absolute atomic E-state index is 13.1. The topological polar surface area (TPSA) is 70.7 Å². The largest absolute Gasteiger partial charge is 0.433 e. The number of thiazole rings is 1. The Morgan fingerprint density at radius 3 is 2.70 bits per heavy atom. The summed E-state index contributed by atoms with van der Waals surface area (Å²) in [7, 11) is 0. The summed E-state index contributed by atoms with van der Waals surface area (Å²) in [6.07, 6.45) is -2.51. The van der Waals surface area contributed by atoms with Gasteiger partial charge in [0.05, 0.1) is 10.2 Å². The minimum Gasteiger partial charge on any atom is -0.361 e. The van der Waals surface area contributed by atoms with Crippen LogP contribution in [-0.4, -0.2) is 21.5 Å². The molecule has 10 heteroatoms. The summed E-state index contributed by atoms with van der Waals surface area (Å²) in [4.78, 5) is 23.9. The van der Waals surface area contributed by atoms with Crippen LogP contribution in [0.3, 0.4) is 0 Å². The van der Waals surface area contributed by atoms with Gasteiger partial charge in [0.2, 0.25) is 0 Å². The summed E-state index contributed by atoms with van der Waals surface area (Å²) < 4.78 is 40.4. The third kappa shape index (κ3) is 3.06. The Morgan fingerprint density at radius 1 is 1.22 bits per heavy atom. The molecule has 0 amide bonds. The van der Waals surface area contributed by atoms with Crippen LogP contribution < -0.4 is 10.9 Å².